The van der Waals surface area contributed by atoms with Crippen LogP contribution in [0.15, 0.2) is 40.9 Å². The summed E-state index contributed by atoms with van der Waals surface area (Å²) < 4.78 is 1.02. The summed E-state index contributed by atoms with van der Waals surface area (Å²) in [6.45, 7) is 0. The molecule has 0 N–H and O–H groups in total. The lowest BCUT2D eigenvalue weighted by Gasteiger charge is -2.05. The number of hydrogen-bond acceptors (Lipinski definition) is 1. The number of fused-ring (bicyclic) bond motifs is 1. The smallest absolute Gasteiger partial charge is 0.173 e. The molecule has 0 atom stereocenters. The van der Waals surface area contributed by atoms with E-state index in [1.54, 1.807) is 0 Å². The average Bonchev–Trinajstić information content (AvgIpc) is 2.28. The molecule has 0 radical (unpaired) electrons. The molecule has 2 aromatic carbocycles. The lowest BCUT2D eigenvalue weighted by atomic mass is 10.0. The molecular weight excluding hydrogens is 320 g/mol. The zero-order chi connectivity index (χ0) is 10.8. The zero-order valence-electron chi connectivity index (χ0n) is 7.84. The summed E-state index contributed by atoms with van der Waals surface area (Å²) in [5, 5.41) is 2.43. The number of alkyl halides is 1. The fourth-order valence-electron chi connectivity index (χ4n) is 1.59. The van der Waals surface area contributed by atoms with Crippen molar-refractivity contribution in [2.24, 2.45) is 0 Å². The molecule has 0 saturated carbocycles. The van der Waals surface area contributed by atoms with Crippen molar-refractivity contribution in [1.82, 2.24) is 0 Å². The van der Waals surface area contributed by atoms with E-state index in [2.05, 4.69) is 31.9 Å². The second-order valence-electron chi connectivity index (χ2n) is 3.20. The van der Waals surface area contributed by atoms with Crippen LogP contribution >= 0.6 is 31.9 Å². The van der Waals surface area contributed by atoms with Crippen molar-refractivity contribution in [2.45, 2.75) is 0 Å². The average molecular weight is 328 g/mol. The Morgan fingerprint density at radius 2 is 1.73 bits per heavy atom. The predicted molar refractivity (Wildman–Crippen MR) is 69.8 cm³/mol. The van der Waals surface area contributed by atoms with Crippen LogP contribution in [0.3, 0.4) is 0 Å². The Kier molecular flexibility index (Phi) is 3.22. The first-order valence-electron chi connectivity index (χ1n) is 4.50. The van der Waals surface area contributed by atoms with Crippen LogP contribution < -0.4 is 0 Å². The molecule has 0 bridgehead atoms. The highest BCUT2D eigenvalue weighted by atomic mass is 79.9. The van der Waals surface area contributed by atoms with Gasteiger partial charge in [-0.15, -0.1) is 0 Å². The molecule has 76 valence electrons. The third-order valence-electron chi connectivity index (χ3n) is 2.29. The Morgan fingerprint density at radius 3 is 2.47 bits per heavy atom. The maximum Gasteiger partial charge on any atom is 0.173 e. The lowest BCUT2D eigenvalue weighted by molar-refractivity contribution is 0.102. The van der Waals surface area contributed by atoms with Gasteiger partial charge in [-0.05, 0) is 16.8 Å². The van der Waals surface area contributed by atoms with E-state index in [0.29, 0.717) is 5.33 Å². The summed E-state index contributed by atoms with van der Waals surface area (Å²) in [6.07, 6.45) is 0. The molecule has 0 saturated heterocycles. The fraction of sp³-hybridized carbons (Fsp3) is 0.0833. The SMILES string of the molecule is O=C(CBr)c1cccc2c(Br)cccc12. The quantitative estimate of drug-likeness (QED) is 0.597. The van der Waals surface area contributed by atoms with E-state index < -0.39 is 0 Å². The van der Waals surface area contributed by atoms with Gasteiger partial charge in [0.15, 0.2) is 5.78 Å². The van der Waals surface area contributed by atoms with Crippen molar-refractivity contribution in [1.29, 1.82) is 0 Å². The van der Waals surface area contributed by atoms with Gasteiger partial charge in [0.25, 0.3) is 0 Å². The van der Waals surface area contributed by atoms with Crippen molar-refractivity contribution in [3.8, 4) is 0 Å². The minimum atomic E-state index is 0.110. The molecule has 3 heteroatoms. The number of rotatable bonds is 2. The molecule has 0 fully saturated rings. The molecular formula is C12H8Br2O. The van der Waals surface area contributed by atoms with E-state index in [-0.39, 0.29) is 5.78 Å². The van der Waals surface area contributed by atoms with E-state index in [9.17, 15) is 4.79 Å². The number of carbonyl (C=O) groups excluding carboxylic acids is 1. The second-order valence-corrected chi connectivity index (χ2v) is 4.61. The van der Waals surface area contributed by atoms with E-state index >= 15 is 0 Å². The van der Waals surface area contributed by atoms with Crippen LogP contribution in [0.1, 0.15) is 10.4 Å². The molecule has 2 aromatic rings. The number of hydrogen-bond donors (Lipinski definition) is 0. The molecule has 0 aromatic heterocycles. The number of Topliss-reactive ketones (excluding diaryl/α,β-unsaturated/α-hetero) is 1. The zero-order valence-corrected chi connectivity index (χ0v) is 11.0. The molecule has 1 nitrogen and oxygen atoms in total. The van der Waals surface area contributed by atoms with Gasteiger partial charge in [0.2, 0.25) is 0 Å². The molecule has 0 amide bonds. The third-order valence-corrected chi connectivity index (χ3v) is 3.49. The molecule has 0 heterocycles. The highest BCUT2D eigenvalue weighted by Gasteiger charge is 2.08. The Bertz CT molecular complexity index is 520. The van der Waals surface area contributed by atoms with Gasteiger partial charge >= 0.3 is 0 Å². The van der Waals surface area contributed by atoms with Crippen LogP contribution in [0.2, 0.25) is 0 Å². The Hall–Kier alpha value is -0.670. The summed E-state index contributed by atoms with van der Waals surface area (Å²) in [4.78, 5) is 11.7. The van der Waals surface area contributed by atoms with Gasteiger partial charge in [0.05, 0.1) is 5.33 Å². The van der Waals surface area contributed by atoms with Gasteiger partial charge in [0, 0.05) is 10.0 Å². The highest BCUT2D eigenvalue weighted by molar-refractivity contribution is 9.10. The Balaban J connectivity index is 2.77. The number of benzene rings is 2. The van der Waals surface area contributed by atoms with Gasteiger partial charge in [0.1, 0.15) is 0 Å². The molecule has 0 spiro atoms. The first-order chi connectivity index (χ1) is 7.24. The fourth-order valence-corrected chi connectivity index (χ4v) is 2.39. The van der Waals surface area contributed by atoms with Crippen molar-refractivity contribution in [2.75, 3.05) is 5.33 Å². The van der Waals surface area contributed by atoms with E-state index in [1.807, 2.05) is 36.4 Å². The molecule has 0 aliphatic rings. The second kappa shape index (κ2) is 4.45. The van der Waals surface area contributed by atoms with Crippen molar-refractivity contribution in [3.63, 3.8) is 0 Å². The van der Waals surface area contributed by atoms with E-state index in [4.69, 9.17) is 0 Å². The summed E-state index contributed by atoms with van der Waals surface area (Å²) in [6, 6.07) is 11.7. The van der Waals surface area contributed by atoms with Crippen molar-refractivity contribution in [3.05, 3.63) is 46.4 Å². The van der Waals surface area contributed by atoms with Gasteiger partial charge in [-0.1, -0.05) is 62.2 Å². The van der Waals surface area contributed by atoms with Crippen molar-refractivity contribution >= 4 is 48.4 Å². The minimum absolute atomic E-state index is 0.110. The summed E-state index contributed by atoms with van der Waals surface area (Å²) in [7, 11) is 0. The van der Waals surface area contributed by atoms with Crippen LogP contribution in [0.4, 0.5) is 0 Å². The van der Waals surface area contributed by atoms with Gasteiger partial charge in [-0.25, -0.2) is 0 Å². The number of carbonyl (C=O) groups is 1. The molecule has 0 unspecified atom stereocenters. The van der Waals surface area contributed by atoms with E-state index in [1.165, 1.54) is 0 Å². The van der Waals surface area contributed by atoms with Gasteiger partial charge in [-0.2, -0.15) is 0 Å². The van der Waals surface area contributed by atoms with Crippen LogP contribution in [-0.2, 0) is 0 Å². The van der Waals surface area contributed by atoms with Crippen LogP contribution in [0.25, 0.3) is 10.8 Å². The lowest BCUT2D eigenvalue weighted by Crippen LogP contribution is -2.00. The summed E-state index contributed by atoms with van der Waals surface area (Å²) in [5.41, 5.74) is 0.769. The highest BCUT2D eigenvalue weighted by Crippen LogP contribution is 2.26. The van der Waals surface area contributed by atoms with Gasteiger partial charge < -0.3 is 0 Å². The Morgan fingerprint density at radius 1 is 1.07 bits per heavy atom. The molecule has 0 aliphatic carbocycles. The summed E-state index contributed by atoms with van der Waals surface area (Å²) in [5.74, 6) is 0.110. The largest absolute Gasteiger partial charge is 0.293 e. The van der Waals surface area contributed by atoms with E-state index in [0.717, 1.165) is 20.8 Å². The first kappa shape index (κ1) is 10.8. The maximum absolute atomic E-state index is 11.7. The first-order valence-corrected chi connectivity index (χ1v) is 6.42. The third kappa shape index (κ3) is 1.99. The van der Waals surface area contributed by atoms with Crippen LogP contribution in [0, 0.1) is 0 Å². The number of ketones is 1. The normalized spacial score (nSPS) is 10.5. The predicted octanol–water partition coefficient (Wildman–Crippen LogP) is 4.18. The Labute approximate surface area is 105 Å². The maximum atomic E-state index is 11.7. The summed E-state index contributed by atoms with van der Waals surface area (Å²) >= 11 is 6.67. The number of halogens is 2. The van der Waals surface area contributed by atoms with Crippen molar-refractivity contribution < 1.29 is 4.79 Å². The van der Waals surface area contributed by atoms with Crippen LogP contribution in [0.5, 0.6) is 0 Å². The van der Waals surface area contributed by atoms with Gasteiger partial charge in [-0.3, -0.25) is 4.79 Å². The minimum Gasteiger partial charge on any atom is -0.293 e. The molecule has 15 heavy (non-hydrogen) atoms. The monoisotopic (exact) mass is 326 g/mol. The van der Waals surface area contributed by atoms with Crippen LogP contribution in [-0.4, -0.2) is 11.1 Å². The molecule has 2 rings (SSSR count). The standard InChI is InChI=1S/C12H8Br2O/c13-7-12(15)10-5-1-4-9-8(10)3-2-6-11(9)14/h1-6H,7H2. The molecule has 0 aliphatic heterocycles. The topological polar surface area (TPSA) is 17.1 Å².